The average Bonchev–Trinajstić information content (AvgIpc) is 3.31. The largest absolute Gasteiger partial charge is 0.379 e. The van der Waals surface area contributed by atoms with Crippen molar-refractivity contribution in [1.82, 2.24) is 24.4 Å². The van der Waals surface area contributed by atoms with Gasteiger partial charge in [0.25, 0.3) is 0 Å². The molecule has 1 aliphatic rings. The summed E-state index contributed by atoms with van der Waals surface area (Å²) in [7, 11) is -3.64. The highest BCUT2D eigenvalue weighted by Crippen LogP contribution is 2.29. The van der Waals surface area contributed by atoms with E-state index in [1.807, 2.05) is 0 Å². The third kappa shape index (κ3) is 6.74. The summed E-state index contributed by atoms with van der Waals surface area (Å²) in [6, 6.07) is 11.0. The molecule has 0 unspecified atom stereocenters. The molecule has 1 N–H and O–H groups in total. The van der Waals surface area contributed by atoms with Crippen molar-refractivity contribution in [3.8, 4) is 5.69 Å². The molecule has 0 radical (unpaired) electrons. The molecule has 1 fully saturated rings. The molecule has 38 heavy (non-hydrogen) atoms. The lowest BCUT2D eigenvalue weighted by Gasteiger charge is -2.26. The van der Waals surface area contributed by atoms with E-state index in [4.69, 9.17) is 27.9 Å². The Labute approximate surface area is 234 Å². The third-order valence-corrected chi connectivity index (χ3v) is 9.28. The second kappa shape index (κ2) is 12.6. The second-order valence-corrected chi connectivity index (χ2v) is 12.0. The predicted molar refractivity (Wildman–Crippen MR) is 145 cm³/mol. The number of rotatable bonds is 10. The van der Waals surface area contributed by atoms with E-state index in [0.717, 1.165) is 0 Å². The normalized spacial score (nSPS) is 14.4. The van der Waals surface area contributed by atoms with E-state index >= 15 is 0 Å². The Morgan fingerprint density at radius 3 is 2.42 bits per heavy atom. The highest BCUT2D eigenvalue weighted by molar-refractivity contribution is 7.99. The van der Waals surface area contributed by atoms with Crippen LogP contribution in [0.25, 0.3) is 5.69 Å². The molecule has 0 spiro atoms. The molecule has 0 atom stereocenters. The number of amides is 1. The first-order valence-corrected chi connectivity index (χ1v) is 14.8. The molecular formula is C24H25Cl2N5O5S2. The summed E-state index contributed by atoms with van der Waals surface area (Å²) < 4.78 is 34.0. The fourth-order valence-corrected chi connectivity index (χ4v) is 6.32. The summed E-state index contributed by atoms with van der Waals surface area (Å²) in [5.41, 5.74) is 1.04. The van der Waals surface area contributed by atoms with Gasteiger partial charge in [-0.3, -0.25) is 14.2 Å². The number of carbonyl (C=O) groups excluding carboxylic acids is 2. The Kier molecular flexibility index (Phi) is 9.45. The van der Waals surface area contributed by atoms with Crippen molar-refractivity contribution in [3.05, 3.63) is 63.9 Å². The Bertz CT molecular complexity index is 1420. The molecule has 4 rings (SSSR count). The highest BCUT2D eigenvalue weighted by atomic mass is 35.5. The van der Waals surface area contributed by atoms with E-state index in [1.54, 1.807) is 22.8 Å². The lowest BCUT2D eigenvalue weighted by molar-refractivity contribution is -0.118. The minimum Gasteiger partial charge on any atom is -0.379 e. The van der Waals surface area contributed by atoms with Crippen LogP contribution >= 0.6 is 35.0 Å². The van der Waals surface area contributed by atoms with Gasteiger partial charge in [-0.15, -0.1) is 10.2 Å². The van der Waals surface area contributed by atoms with E-state index in [9.17, 15) is 18.0 Å². The first-order valence-electron chi connectivity index (χ1n) is 11.6. The van der Waals surface area contributed by atoms with Gasteiger partial charge >= 0.3 is 0 Å². The van der Waals surface area contributed by atoms with Gasteiger partial charge < -0.3 is 10.1 Å². The van der Waals surface area contributed by atoms with Crippen molar-refractivity contribution in [2.24, 2.45) is 0 Å². The summed E-state index contributed by atoms with van der Waals surface area (Å²) in [6.07, 6.45) is 0.403. The highest BCUT2D eigenvalue weighted by Gasteiger charge is 2.26. The lowest BCUT2D eigenvalue weighted by Crippen LogP contribution is -2.40. The number of carbonyl (C=O) groups is 2. The van der Waals surface area contributed by atoms with Crippen molar-refractivity contribution in [3.63, 3.8) is 0 Å². The zero-order chi connectivity index (χ0) is 27.3. The monoisotopic (exact) mass is 597 g/mol. The maximum Gasteiger partial charge on any atom is 0.243 e. The van der Waals surface area contributed by atoms with Crippen LogP contribution in [0.15, 0.2) is 52.5 Å². The van der Waals surface area contributed by atoms with Gasteiger partial charge in [-0.1, -0.05) is 47.1 Å². The number of ketones is 1. The second-order valence-electron chi connectivity index (χ2n) is 8.32. The number of Topliss-reactive ketones (excluding diaryl/α,β-unsaturated/α-hetero) is 1. The number of hydrogen-bond donors (Lipinski definition) is 1. The molecule has 1 aliphatic heterocycles. The molecule has 14 heteroatoms. The van der Waals surface area contributed by atoms with Crippen LogP contribution in [-0.2, 0) is 26.0 Å². The van der Waals surface area contributed by atoms with Crippen LogP contribution < -0.4 is 5.32 Å². The summed E-state index contributed by atoms with van der Waals surface area (Å²) in [5, 5.41) is 12.4. The first-order chi connectivity index (χ1) is 18.2. The van der Waals surface area contributed by atoms with Crippen molar-refractivity contribution < 1.29 is 22.7 Å². The molecule has 2 heterocycles. The van der Waals surface area contributed by atoms with Crippen LogP contribution in [0.4, 0.5) is 0 Å². The van der Waals surface area contributed by atoms with E-state index in [2.05, 4.69) is 15.5 Å². The molecular weight excluding hydrogens is 573 g/mol. The SMILES string of the molecule is CC(=O)NCCc1nnc(SCC(=O)c2ccc(S(=O)(=O)N3CCOCC3)cc2)n1-c1ccc(Cl)c(Cl)c1. The van der Waals surface area contributed by atoms with Gasteiger partial charge in [0, 0.05) is 38.5 Å². The number of halogens is 2. The number of nitrogens with zero attached hydrogens (tertiary/aromatic N) is 4. The molecule has 1 aromatic heterocycles. The topological polar surface area (TPSA) is 123 Å². The molecule has 3 aromatic rings. The van der Waals surface area contributed by atoms with Gasteiger partial charge in [-0.25, -0.2) is 8.42 Å². The quantitative estimate of drug-likeness (QED) is 0.279. The van der Waals surface area contributed by atoms with Crippen molar-refractivity contribution in [2.75, 3.05) is 38.6 Å². The number of hydrogen-bond acceptors (Lipinski definition) is 8. The maximum absolute atomic E-state index is 12.9. The van der Waals surface area contributed by atoms with Crippen LogP contribution in [0.2, 0.25) is 10.0 Å². The van der Waals surface area contributed by atoms with Crippen molar-refractivity contribution >= 4 is 56.7 Å². The number of sulfonamides is 1. The molecule has 0 aliphatic carbocycles. The number of nitrogens with one attached hydrogen (secondary N) is 1. The zero-order valence-electron chi connectivity index (χ0n) is 20.4. The zero-order valence-corrected chi connectivity index (χ0v) is 23.5. The summed E-state index contributed by atoms with van der Waals surface area (Å²) in [6.45, 7) is 3.10. The molecule has 0 saturated carbocycles. The molecule has 0 bridgehead atoms. The van der Waals surface area contributed by atoms with Gasteiger partial charge in [-0.2, -0.15) is 4.31 Å². The smallest absolute Gasteiger partial charge is 0.243 e. The first kappa shape index (κ1) is 28.5. The third-order valence-electron chi connectivity index (χ3n) is 5.70. The summed E-state index contributed by atoms with van der Waals surface area (Å²) in [5.74, 6) is 0.258. The Morgan fingerprint density at radius 1 is 1.05 bits per heavy atom. The molecule has 2 aromatic carbocycles. The number of aromatic nitrogens is 3. The van der Waals surface area contributed by atoms with Gasteiger partial charge in [0.15, 0.2) is 10.9 Å². The summed E-state index contributed by atoms with van der Waals surface area (Å²) >= 11 is 13.5. The molecule has 1 amide bonds. The number of benzene rings is 2. The van der Waals surface area contributed by atoms with Gasteiger partial charge in [0.2, 0.25) is 15.9 Å². The van der Waals surface area contributed by atoms with E-state index in [0.29, 0.717) is 71.5 Å². The minimum atomic E-state index is -3.64. The predicted octanol–water partition coefficient (Wildman–Crippen LogP) is 3.25. The fraction of sp³-hybridized carbons (Fsp3) is 0.333. The Balaban J connectivity index is 1.49. The van der Waals surface area contributed by atoms with E-state index in [1.165, 1.54) is 47.3 Å². The number of morpholine rings is 1. The van der Waals surface area contributed by atoms with E-state index in [-0.39, 0.29) is 22.3 Å². The average molecular weight is 599 g/mol. The van der Waals surface area contributed by atoms with Gasteiger partial charge in [0.05, 0.1) is 39.6 Å². The van der Waals surface area contributed by atoms with Crippen LogP contribution in [0.1, 0.15) is 23.1 Å². The molecule has 202 valence electrons. The Hall–Kier alpha value is -2.48. The molecule has 1 saturated heterocycles. The van der Waals surface area contributed by atoms with Gasteiger partial charge in [-0.05, 0) is 30.3 Å². The number of ether oxygens (including phenoxy) is 1. The van der Waals surface area contributed by atoms with Crippen LogP contribution in [0.3, 0.4) is 0 Å². The van der Waals surface area contributed by atoms with Crippen LogP contribution in [0.5, 0.6) is 0 Å². The van der Waals surface area contributed by atoms with Crippen LogP contribution in [0, 0.1) is 0 Å². The standard InChI is InChI=1S/C24H25Cl2N5O5S2/c1-16(32)27-9-8-23-28-29-24(31(23)18-4-7-20(25)21(26)14-18)37-15-22(33)17-2-5-19(6-3-17)38(34,35)30-10-12-36-13-11-30/h2-7,14H,8-13,15H2,1H3,(H,27,32). The summed E-state index contributed by atoms with van der Waals surface area (Å²) in [4.78, 5) is 24.3. The fourth-order valence-electron chi connectivity index (χ4n) is 3.75. The van der Waals surface area contributed by atoms with E-state index < -0.39 is 10.0 Å². The lowest BCUT2D eigenvalue weighted by atomic mass is 10.1. The van der Waals surface area contributed by atoms with Crippen molar-refractivity contribution in [1.29, 1.82) is 0 Å². The Morgan fingerprint density at radius 2 is 1.76 bits per heavy atom. The number of thioether (sulfide) groups is 1. The minimum absolute atomic E-state index is 0.0424. The van der Waals surface area contributed by atoms with Crippen molar-refractivity contribution in [2.45, 2.75) is 23.4 Å². The van der Waals surface area contributed by atoms with Crippen LogP contribution in [-0.4, -0.2) is 77.8 Å². The van der Waals surface area contributed by atoms with Gasteiger partial charge in [0.1, 0.15) is 5.82 Å². The molecule has 10 nitrogen and oxygen atoms in total. The maximum atomic E-state index is 12.9.